The van der Waals surface area contributed by atoms with Gasteiger partial charge in [-0.2, -0.15) is 0 Å². The highest BCUT2D eigenvalue weighted by Crippen LogP contribution is 1.98. The molecule has 0 radical (unpaired) electrons. The molecule has 124 valence electrons. The van der Waals surface area contributed by atoms with Crippen LogP contribution in [-0.4, -0.2) is 25.6 Å². The van der Waals surface area contributed by atoms with E-state index in [0.29, 0.717) is 19.7 Å². The van der Waals surface area contributed by atoms with Gasteiger partial charge in [0.15, 0.2) is 0 Å². The van der Waals surface area contributed by atoms with Crippen LogP contribution in [0.15, 0.2) is 66.7 Å². The number of amides is 1. The molecule has 1 aromatic rings. The van der Waals surface area contributed by atoms with Crippen LogP contribution in [-0.2, 0) is 16.1 Å². The van der Waals surface area contributed by atoms with Crippen molar-refractivity contribution < 1.29 is 13.9 Å². The number of rotatable bonds is 10. The topological polar surface area (TPSA) is 50.4 Å². The Morgan fingerprint density at radius 3 is 2.83 bits per heavy atom. The van der Waals surface area contributed by atoms with Gasteiger partial charge in [0.25, 0.3) is 0 Å². The number of nitrogens with one attached hydrogen (secondary N) is 2. The van der Waals surface area contributed by atoms with E-state index < -0.39 is 0 Å². The Morgan fingerprint density at radius 1 is 1.30 bits per heavy atom. The predicted octanol–water partition coefficient (Wildman–Crippen LogP) is 2.85. The second kappa shape index (κ2) is 12.2. The summed E-state index contributed by atoms with van der Waals surface area (Å²) in [5.74, 6) is -0.402. The number of carbonyl (C=O) groups is 1. The Kier molecular flexibility index (Phi) is 9.87. The first-order chi connectivity index (χ1) is 11.2. The van der Waals surface area contributed by atoms with Crippen molar-refractivity contribution in [2.24, 2.45) is 0 Å². The average Bonchev–Trinajstić information content (AvgIpc) is 2.56. The molecular formula is C18H23FN2O2. The maximum atomic E-state index is 12.9. The van der Waals surface area contributed by atoms with Gasteiger partial charge < -0.3 is 15.4 Å². The Balaban J connectivity index is 2.03. The van der Waals surface area contributed by atoms with Gasteiger partial charge in [-0.05, 0) is 30.7 Å². The van der Waals surface area contributed by atoms with E-state index in [1.54, 1.807) is 13.0 Å². The minimum atomic E-state index is -0.333. The Bertz CT molecular complexity index is 539. The van der Waals surface area contributed by atoms with E-state index in [0.717, 1.165) is 5.56 Å². The SMILES string of the molecule is C\C=C/C(F)=C\C=C\OCCNCC(=O)NCc1ccccc1. The molecule has 0 fully saturated rings. The minimum Gasteiger partial charge on any atom is -0.500 e. The smallest absolute Gasteiger partial charge is 0.234 e. The van der Waals surface area contributed by atoms with Crippen molar-refractivity contribution in [3.05, 3.63) is 72.3 Å². The molecule has 0 saturated carbocycles. The van der Waals surface area contributed by atoms with Crippen LogP contribution < -0.4 is 10.6 Å². The average molecular weight is 318 g/mol. The number of halogens is 1. The van der Waals surface area contributed by atoms with Crippen molar-refractivity contribution in [2.45, 2.75) is 13.5 Å². The molecule has 5 heteroatoms. The van der Waals surface area contributed by atoms with Crippen LogP contribution in [0.5, 0.6) is 0 Å². The molecule has 23 heavy (non-hydrogen) atoms. The van der Waals surface area contributed by atoms with E-state index in [1.165, 1.54) is 24.5 Å². The highest BCUT2D eigenvalue weighted by atomic mass is 19.1. The highest BCUT2D eigenvalue weighted by molar-refractivity contribution is 5.77. The zero-order chi connectivity index (χ0) is 16.8. The van der Waals surface area contributed by atoms with E-state index in [-0.39, 0.29) is 18.3 Å². The molecule has 4 nitrogen and oxygen atoms in total. The van der Waals surface area contributed by atoms with Gasteiger partial charge in [0.2, 0.25) is 5.91 Å². The predicted molar refractivity (Wildman–Crippen MR) is 90.3 cm³/mol. The first-order valence-electron chi connectivity index (χ1n) is 7.50. The summed E-state index contributed by atoms with van der Waals surface area (Å²) in [4.78, 5) is 11.6. The molecule has 0 spiro atoms. The second-order valence-electron chi connectivity index (χ2n) is 4.69. The van der Waals surface area contributed by atoms with Gasteiger partial charge in [0.1, 0.15) is 5.83 Å². The largest absolute Gasteiger partial charge is 0.500 e. The number of allylic oxidation sites excluding steroid dienone is 5. The maximum Gasteiger partial charge on any atom is 0.234 e. The van der Waals surface area contributed by atoms with Gasteiger partial charge in [0, 0.05) is 13.1 Å². The number of hydrogen-bond acceptors (Lipinski definition) is 3. The lowest BCUT2D eigenvalue weighted by atomic mass is 10.2. The van der Waals surface area contributed by atoms with Gasteiger partial charge >= 0.3 is 0 Å². The molecule has 0 aliphatic rings. The lowest BCUT2D eigenvalue weighted by Crippen LogP contribution is -2.34. The van der Waals surface area contributed by atoms with Crippen LogP contribution in [0, 0.1) is 0 Å². The van der Waals surface area contributed by atoms with E-state index >= 15 is 0 Å². The van der Waals surface area contributed by atoms with E-state index in [2.05, 4.69) is 10.6 Å². The summed E-state index contributed by atoms with van der Waals surface area (Å²) in [5, 5.41) is 5.79. The first kappa shape index (κ1) is 18.6. The molecule has 0 saturated heterocycles. The van der Waals surface area contributed by atoms with Crippen LogP contribution >= 0.6 is 0 Å². The summed E-state index contributed by atoms with van der Waals surface area (Å²) in [6, 6.07) is 9.73. The minimum absolute atomic E-state index is 0.0687. The van der Waals surface area contributed by atoms with Crippen LogP contribution in [0.2, 0.25) is 0 Å². The summed E-state index contributed by atoms with van der Waals surface area (Å²) >= 11 is 0. The fourth-order valence-electron chi connectivity index (χ4n) is 1.66. The third-order valence-electron chi connectivity index (χ3n) is 2.77. The van der Waals surface area contributed by atoms with Crippen molar-refractivity contribution in [1.29, 1.82) is 0 Å². The van der Waals surface area contributed by atoms with Crippen LogP contribution in [0.3, 0.4) is 0 Å². The fourth-order valence-corrected chi connectivity index (χ4v) is 1.66. The van der Waals surface area contributed by atoms with Crippen LogP contribution in [0.4, 0.5) is 4.39 Å². The summed E-state index contributed by atoms with van der Waals surface area (Å²) < 4.78 is 18.1. The molecule has 1 amide bonds. The van der Waals surface area contributed by atoms with Gasteiger partial charge in [-0.1, -0.05) is 36.4 Å². The number of hydrogen-bond donors (Lipinski definition) is 2. The second-order valence-corrected chi connectivity index (χ2v) is 4.69. The molecule has 0 atom stereocenters. The molecule has 2 N–H and O–H groups in total. The molecule has 0 aliphatic heterocycles. The van der Waals surface area contributed by atoms with E-state index in [4.69, 9.17) is 4.74 Å². The van der Waals surface area contributed by atoms with Crippen LogP contribution in [0.1, 0.15) is 12.5 Å². The standard InChI is InChI=1S/C18H23FN2O2/c1-2-7-17(19)10-6-12-23-13-11-20-15-18(22)21-14-16-8-4-3-5-9-16/h2-10,12,20H,11,13-15H2,1H3,(H,21,22)/b7-2-,12-6+,17-10+. The molecular weight excluding hydrogens is 295 g/mol. The first-order valence-corrected chi connectivity index (χ1v) is 7.50. The monoisotopic (exact) mass is 318 g/mol. The van der Waals surface area contributed by atoms with Crippen LogP contribution in [0.25, 0.3) is 0 Å². The van der Waals surface area contributed by atoms with Gasteiger partial charge in [-0.3, -0.25) is 4.79 Å². The van der Waals surface area contributed by atoms with Gasteiger partial charge in [-0.25, -0.2) is 4.39 Å². The molecule has 0 bridgehead atoms. The van der Waals surface area contributed by atoms with Crippen molar-refractivity contribution >= 4 is 5.91 Å². The molecule has 0 aliphatic carbocycles. The van der Waals surface area contributed by atoms with Crippen molar-refractivity contribution in [1.82, 2.24) is 10.6 Å². The lowest BCUT2D eigenvalue weighted by molar-refractivity contribution is -0.120. The zero-order valence-electron chi connectivity index (χ0n) is 13.3. The lowest BCUT2D eigenvalue weighted by Gasteiger charge is -2.06. The summed E-state index contributed by atoms with van der Waals surface area (Å²) in [6.45, 7) is 3.43. The van der Waals surface area contributed by atoms with Crippen molar-refractivity contribution in [3.63, 3.8) is 0 Å². The molecule has 1 rings (SSSR count). The fraction of sp³-hybridized carbons (Fsp3) is 0.278. The third kappa shape index (κ3) is 10.0. The summed E-state index contributed by atoms with van der Waals surface area (Å²) in [6.07, 6.45) is 7.19. The number of ether oxygens (including phenoxy) is 1. The zero-order valence-corrected chi connectivity index (χ0v) is 13.3. The molecule has 1 aromatic carbocycles. The van der Waals surface area contributed by atoms with Gasteiger partial charge in [-0.15, -0.1) is 0 Å². The molecule has 0 unspecified atom stereocenters. The van der Waals surface area contributed by atoms with E-state index in [9.17, 15) is 9.18 Å². The normalized spacial score (nSPS) is 12.0. The Morgan fingerprint density at radius 2 is 2.09 bits per heavy atom. The van der Waals surface area contributed by atoms with Crippen molar-refractivity contribution in [3.8, 4) is 0 Å². The van der Waals surface area contributed by atoms with E-state index in [1.807, 2.05) is 30.3 Å². The number of carbonyl (C=O) groups excluding carboxylic acids is 1. The summed E-state index contributed by atoms with van der Waals surface area (Å²) in [5.41, 5.74) is 1.06. The highest BCUT2D eigenvalue weighted by Gasteiger charge is 1.99. The Hall–Kier alpha value is -2.40. The third-order valence-corrected chi connectivity index (χ3v) is 2.77. The summed E-state index contributed by atoms with van der Waals surface area (Å²) in [7, 11) is 0. The molecule has 0 aromatic heterocycles. The quantitative estimate of drug-likeness (QED) is 0.396. The molecule has 0 heterocycles. The maximum absolute atomic E-state index is 12.9. The Labute approximate surface area is 136 Å². The number of benzene rings is 1. The van der Waals surface area contributed by atoms with Crippen molar-refractivity contribution in [2.75, 3.05) is 19.7 Å². The van der Waals surface area contributed by atoms with Gasteiger partial charge in [0.05, 0.1) is 19.4 Å².